The zero-order valence-corrected chi connectivity index (χ0v) is 10.6. The van der Waals surface area contributed by atoms with Gasteiger partial charge in [-0.15, -0.1) is 0 Å². The van der Waals surface area contributed by atoms with Crippen molar-refractivity contribution in [3.8, 4) is 11.5 Å². The van der Waals surface area contributed by atoms with Crippen molar-refractivity contribution in [1.29, 1.82) is 0 Å². The van der Waals surface area contributed by atoms with Gasteiger partial charge in [0.2, 0.25) is 0 Å². The van der Waals surface area contributed by atoms with E-state index >= 15 is 0 Å². The third-order valence-electron chi connectivity index (χ3n) is 2.92. The van der Waals surface area contributed by atoms with Gasteiger partial charge in [-0.05, 0) is 23.5 Å². The van der Waals surface area contributed by atoms with Crippen molar-refractivity contribution >= 4 is 0 Å². The van der Waals surface area contributed by atoms with Gasteiger partial charge >= 0.3 is 0 Å². The summed E-state index contributed by atoms with van der Waals surface area (Å²) in [5.74, 6) is 1.85. The van der Waals surface area contributed by atoms with Crippen LogP contribution in [0.5, 0.6) is 11.5 Å². The van der Waals surface area contributed by atoms with Crippen molar-refractivity contribution in [3.63, 3.8) is 0 Å². The highest BCUT2D eigenvalue weighted by Gasteiger charge is 2.25. The highest BCUT2D eigenvalue weighted by molar-refractivity contribution is 5.52. The van der Waals surface area contributed by atoms with Crippen molar-refractivity contribution in [2.75, 3.05) is 13.2 Å². The molecule has 0 bridgehead atoms. The van der Waals surface area contributed by atoms with Crippen LogP contribution in [0.3, 0.4) is 0 Å². The van der Waals surface area contributed by atoms with Gasteiger partial charge in [-0.1, -0.05) is 33.8 Å². The number of ether oxygens (including phenoxy) is 2. The largest absolute Gasteiger partial charge is 0.486 e. The number of rotatable bonds is 1. The molecule has 0 unspecified atom stereocenters. The van der Waals surface area contributed by atoms with E-state index in [1.807, 2.05) is 0 Å². The van der Waals surface area contributed by atoms with Crippen LogP contribution in [-0.4, -0.2) is 13.2 Å². The first-order valence-electron chi connectivity index (χ1n) is 5.95. The fraction of sp³-hybridized carbons (Fsp3) is 0.571. The van der Waals surface area contributed by atoms with Crippen LogP contribution in [0.4, 0.5) is 0 Å². The maximum absolute atomic E-state index is 5.76. The van der Waals surface area contributed by atoms with Gasteiger partial charge in [-0.2, -0.15) is 0 Å². The number of aryl methyl sites for hydroxylation is 1. The van der Waals surface area contributed by atoms with E-state index in [1.165, 1.54) is 11.1 Å². The molecule has 0 aromatic heterocycles. The minimum atomic E-state index is 0.0932. The summed E-state index contributed by atoms with van der Waals surface area (Å²) < 4.78 is 11.4. The topological polar surface area (TPSA) is 18.5 Å². The summed E-state index contributed by atoms with van der Waals surface area (Å²) in [6, 6.07) is 4.34. The van der Waals surface area contributed by atoms with E-state index in [4.69, 9.17) is 9.47 Å². The molecule has 0 saturated carbocycles. The van der Waals surface area contributed by atoms with Crippen LogP contribution in [0.15, 0.2) is 12.1 Å². The maximum Gasteiger partial charge on any atom is 0.165 e. The molecule has 1 aliphatic heterocycles. The molecule has 1 aromatic rings. The van der Waals surface area contributed by atoms with Gasteiger partial charge in [0.15, 0.2) is 11.5 Å². The molecule has 0 aliphatic carbocycles. The number of benzene rings is 1. The Kier molecular flexibility index (Phi) is 2.83. The molecule has 0 spiro atoms. The molecule has 2 heteroatoms. The van der Waals surface area contributed by atoms with Crippen LogP contribution in [0.2, 0.25) is 0 Å². The van der Waals surface area contributed by atoms with Gasteiger partial charge in [-0.25, -0.2) is 0 Å². The zero-order valence-electron chi connectivity index (χ0n) is 10.6. The van der Waals surface area contributed by atoms with Crippen LogP contribution in [0.25, 0.3) is 0 Å². The van der Waals surface area contributed by atoms with Gasteiger partial charge in [0.05, 0.1) is 0 Å². The van der Waals surface area contributed by atoms with Crippen LogP contribution < -0.4 is 9.47 Å². The SMILES string of the molecule is CCc1cc2c(c(C(C)(C)C)c1)OCCO2. The summed E-state index contributed by atoms with van der Waals surface area (Å²) in [5, 5.41) is 0. The summed E-state index contributed by atoms with van der Waals surface area (Å²) >= 11 is 0. The Morgan fingerprint density at radius 2 is 1.81 bits per heavy atom. The zero-order chi connectivity index (χ0) is 11.8. The van der Waals surface area contributed by atoms with E-state index in [2.05, 4.69) is 39.8 Å². The van der Waals surface area contributed by atoms with Crippen LogP contribution >= 0.6 is 0 Å². The molecular formula is C14H20O2. The van der Waals surface area contributed by atoms with Crippen molar-refractivity contribution in [2.45, 2.75) is 39.5 Å². The molecule has 1 heterocycles. The number of hydrogen-bond acceptors (Lipinski definition) is 2. The van der Waals surface area contributed by atoms with Crippen molar-refractivity contribution in [3.05, 3.63) is 23.3 Å². The average Bonchev–Trinajstić information content (AvgIpc) is 2.26. The molecule has 2 nitrogen and oxygen atoms in total. The Balaban J connectivity index is 2.56. The first-order chi connectivity index (χ1) is 7.52. The molecule has 0 fully saturated rings. The minimum absolute atomic E-state index is 0.0932. The summed E-state index contributed by atoms with van der Waals surface area (Å²) in [5.41, 5.74) is 2.66. The third kappa shape index (κ3) is 2.01. The fourth-order valence-electron chi connectivity index (χ4n) is 1.97. The Bertz CT molecular complexity index is 388. The summed E-state index contributed by atoms with van der Waals surface area (Å²) in [7, 11) is 0. The van der Waals surface area contributed by atoms with Crippen LogP contribution in [-0.2, 0) is 11.8 Å². The Labute approximate surface area is 97.6 Å². The quantitative estimate of drug-likeness (QED) is 0.723. The highest BCUT2D eigenvalue weighted by atomic mass is 16.6. The molecule has 0 N–H and O–H groups in total. The second-order valence-corrected chi connectivity index (χ2v) is 5.27. The smallest absolute Gasteiger partial charge is 0.165 e. The Morgan fingerprint density at radius 1 is 1.12 bits per heavy atom. The molecule has 0 radical (unpaired) electrons. The van der Waals surface area contributed by atoms with Gasteiger partial charge in [-0.3, -0.25) is 0 Å². The standard InChI is InChI=1S/C14H20O2/c1-5-10-8-11(14(2,3)4)13-12(9-10)15-6-7-16-13/h8-9H,5-7H2,1-4H3. The molecule has 88 valence electrons. The van der Waals surface area contributed by atoms with E-state index in [0.29, 0.717) is 13.2 Å². The molecule has 0 atom stereocenters. The average molecular weight is 220 g/mol. The van der Waals surface area contributed by atoms with Crippen LogP contribution in [0.1, 0.15) is 38.8 Å². The highest BCUT2D eigenvalue weighted by Crippen LogP contribution is 2.41. The second kappa shape index (κ2) is 4.00. The molecule has 2 rings (SSSR count). The van der Waals surface area contributed by atoms with E-state index in [9.17, 15) is 0 Å². The monoisotopic (exact) mass is 220 g/mol. The lowest BCUT2D eigenvalue weighted by Gasteiger charge is -2.28. The fourth-order valence-corrected chi connectivity index (χ4v) is 1.97. The molecule has 1 aliphatic rings. The molecule has 0 saturated heterocycles. The molecule has 0 amide bonds. The Morgan fingerprint density at radius 3 is 2.44 bits per heavy atom. The summed E-state index contributed by atoms with van der Waals surface area (Å²) in [6.45, 7) is 10.1. The minimum Gasteiger partial charge on any atom is -0.486 e. The molecule has 1 aromatic carbocycles. The van der Waals surface area contributed by atoms with E-state index in [0.717, 1.165) is 17.9 Å². The summed E-state index contributed by atoms with van der Waals surface area (Å²) in [4.78, 5) is 0. The lowest BCUT2D eigenvalue weighted by atomic mass is 9.84. The van der Waals surface area contributed by atoms with E-state index in [-0.39, 0.29) is 5.41 Å². The Hall–Kier alpha value is -1.18. The van der Waals surface area contributed by atoms with Gasteiger partial charge < -0.3 is 9.47 Å². The van der Waals surface area contributed by atoms with Crippen molar-refractivity contribution < 1.29 is 9.47 Å². The predicted molar refractivity (Wildman–Crippen MR) is 65.5 cm³/mol. The van der Waals surface area contributed by atoms with Crippen molar-refractivity contribution in [1.82, 2.24) is 0 Å². The number of hydrogen-bond donors (Lipinski definition) is 0. The summed E-state index contributed by atoms with van der Waals surface area (Å²) in [6.07, 6.45) is 1.03. The van der Waals surface area contributed by atoms with Gasteiger partial charge in [0.25, 0.3) is 0 Å². The lowest BCUT2D eigenvalue weighted by molar-refractivity contribution is 0.168. The van der Waals surface area contributed by atoms with Gasteiger partial charge in [0, 0.05) is 5.56 Å². The number of fused-ring (bicyclic) bond motifs is 1. The first-order valence-corrected chi connectivity index (χ1v) is 5.95. The predicted octanol–water partition coefficient (Wildman–Crippen LogP) is 3.32. The van der Waals surface area contributed by atoms with E-state index in [1.54, 1.807) is 0 Å². The van der Waals surface area contributed by atoms with Gasteiger partial charge in [0.1, 0.15) is 13.2 Å². The molecular weight excluding hydrogens is 200 g/mol. The molecule has 16 heavy (non-hydrogen) atoms. The van der Waals surface area contributed by atoms with Crippen molar-refractivity contribution in [2.24, 2.45) is 0 Å². The van der Waals surface area contributed by atoms with Crippen LogP contribution in [0, 0.1) is 0 Å². The maximum atomic E-state index is 5.76. The normalized spacial score (nSPS) is 15.0. The lowest BCUT2D eigenvalue weighted by Crippen LogP contribution is -2.21. The first kappa shape index (κ1) is 11.3. The second-order valence-electron chi connectivity index (χ2n) is 5.27. The van der Waals surface area contributed by atoms with E-state index < -0.39 is 0 Å². The third-order valence-corrected chi connectivity index (χ3v) is 2.92.